The Morgan fingerprint density at radius 3 is 3.13 bits per heavy atom. The van der Waals surface area contributed by atoms with Crippen LogP contribution in [0.5, 0.6) is 0 Å². The molecule has 3 rings (SSSR count). The third kappa shape index (κ3) is 1.13. The van der Waals surface area contributed by atoms with Crippen molar-refractivity contribution >= 4 is 38.4 Å². The maximum Gasteiger partial charge on any atom is 0.249 e. The summed E-state index contributed by atoms with van der Waals surface area (Å²) in [7, 11) is 0. The van der Waals surface area contributed by atoms with Gasteiger partial charge in [-0.2, -0.15) is 5.10 Å². The van der Waals surface area contributed by atoms with Crippen molar-refractivity contribution in [3.63, 3.8) is 0 Å². The molecule has 0 bridgehead atoms. The van der Waals surface area contributed by atoms with Crippen LogP contribution in [0.2, 0.25) is 0 Å². The van der Waals surface area contributed by atoms with Crippen LogP contribution in [0, 0.1) is 0 Å². The predicted octanol–water partition coefficient (Wildman–Crippen LogP) is 2.31. The van der Waals surface area contributed by atoms with E-state index in [9.17, 15) is 4.79 Å². The van der Waals surface area contributed by atoms with Gasteiger partial charge in [0.15, 0.2) is 0 Å². The van der Waals surface area contributed by atoms with Crippen LogP contribution in [0.15, 0.2) is 22.8 Å². The minimum absolute atomic E-state index is 0.0226. The van der Waals surface area contributed by atoms with Crippen molar-refractivity contribution in [2.75, 3.05) is 5.32 Å². The lowest BCUT2D eigenvalue weighted by atomic mass is 10.1. The Bertz CT molecular complexity index is 575. The van der Waals surface area contributed by atoms with Gasteiger partial charge in [-0.15, -0.1) is 0 Å². The summed E-state index contributed by atoms with van der Waals surface area (Å²) in [5, 5.41) is 8.14. The average molecular weight is 266 g/mol. The highest BCUT2D eigenvalue weighted by atomic mass is 79.9. The predicted molar refractivity (Wildman–Crippen MR) is 60.8 cm³/mol. The summed E-state index contributed by atoms with van der Waals surface area (Å²) in [5.41, 5.74) is 1.81. The number of benzene rings is 1. The fourth-order valence-electron chi connectivity index (χ4n) is 1.89. The Morgan fingerprint density at radius 1 is 1.53 bits per heavy atom. The Morgan fingerprint density at radius 2 is 2.33 bits per heavy atom. The van der Waals surface area contributed by atoms with E-state index in [-0.39, 0.29) is 11.9 Å². The zero-order valence-electron chi connectivity index (χ0n) is 7.99. The first-order chi connectivity index (χ1) is 7.16. The molecule has 2 aromatic rings. The van der Waals surface area contributed by atoms with Gasteiger partial charge in [-0.05, 0) is 19.1 Å². The molecule has 0 fully saturated rings. The van der Waals surface area contributed by atoms with Crippen LogP contribution < -0.4 is 5.32 Å². The van der Waals surface area contributed by atoms with Crippen LogP contribution in [0.4, 0.5) is 5.69 Å². The van der Waals surface area contributed by atoms with Crippen molar-refractivity contribution < 1.29 is 4.79 Å². The molecule has 0 spiro atoms. The van der Waals surface area contributed by atoms with E-state index in [1.807, 2.05) is 19.1 Å². The summed E-state index contributed by atoms with van der Waals surface area (Å²) < 4.78 is 2.70. The highest BCUT2D eigenvalue weighted by Crippen LogP contribution is 2.33. The zero-order chi connectivity index (χ0) is 10.6. The molecule has 1 aliphatic heterocycles. The lowest BCUT2D eigenvalue weighted by molar-refractivity contribution is -0.119. The minimum Gasteiger partial charge on any atom is -0.322 e. The van der Waals surface area contributed by atoms with Crippen LogP contribution in [-0.2, 0) is 4.79 Å². The molecule has 4 nitrogen and oxygen atoms in total. The summed E-state index contributed by atoms with van der Waals surface area (Å²) in [5.74, 6) is -0.0226. The third-order valence-electron chi connectivity index (χ3n) is 2.66. The molecule has 0 unspecified atom stereocenters. The number of carbonyl (C=O) groups is 1. The van der Waals surface area contributed by atoms with Crippen LogP contribution in [0.25, 0.3) is 10.9 Å². The van der Waals surface area contributed by atoms with Gasteiger partial charge in [0.2, 0.25) is 5.91 Å². The van der Waals surface area contributed by atoms with Crippen LogP contribution in [0.1, 0.15) is 13.0 Å². The molecule has 76 valence electrons. The zero-order valence-corrected chi connectivity index (χ0v) is 9.58. The topological polar surface area (TPSA) is 46.9 Å². The number of amides is 1. The first-order valence-electron chi connectivity index (χ1n) is 4.64. The Balaban J connectivity index is 2.43. The second-order valence-corrected chi connectivity index (χ2v) is 4.56. The Hall–Kier alpha value is -1.36. The van der Waals surface area contributed by atoms with Crippen molar-refractivity contribution in [1.29, 1.82) is 0 Å². The van der Waals surface area contributed by atoms with Crippen LogP contribution in [-0.4, -0.2) is 15.7 Å². The normalized spacial score (nSPS) is 19.3. The van der Waals surface area contributed by atoms with Crippen molar-refractivity contribution in [2.24, 2.45) is 0 Å². The highest BCUT2D eigenvalue weighted by molar-refractivity contribution is 9.10. The smallest absolute Gasteiger partial charge is 0.249 e. The molecule has 0 saturated carbocycles. The van der Waals surface area contributed by atoms with E-state index in [2.05, 4.69) is 26.3 Å². The molecule has 1 amide bonds. The van der Waals surface area contributed by atoms with Gasteiger partial charge >= 0.3 is 0 Å². The monoisotopic (exact) mass is 265 g/mol. The van der Waals surface area contributed by atoms with Gasteiger partial charge in [-0.3, -0.25) is 9.48 Å². The maximum absolute atomic E-state index is 11.6. The molecule has 1 N–H and O–H groups in total. The molecular formula is C10H8BrN3O. The summed E-state index contributed by atoms with van der Waals surface area (Å²) in [4.78, 5) is 11.6. The summed E-state index contributed by atoms with van der Waals surface area (Å²) >= 11 is 3.40. The second-order valence-electron chi connectivity index (χ2n) is 3.65. The number of aromatic nitrogens is 2. The Kier molecular flexibility index (Phi) is 1.68. The number of anilines is 1. The summed E-state index contributed by atoms with van der Waals surface area (Å²) in [6.45, 7) is 1.84. The molecular weight excluding hydrogens is 258 g/mol. The number of hydrogen-bond acceptors (Lipinski definition) is 2. The van der Waals surface area contributed by atoms with E-state index < -0.39 is 0 Å². The van der Waals surface area contributed by atoms with Crippen molar-refractivity contribution in [3.8, 4) is 0 Å². The van der Waals surface area contributed by atoms with E-state index in [1.54, 1.807) is 10.9 Å². The number of rotatable bonds is 0. The van der Waals surface area contributed by atoms with E-state index in [1.165, 1.54) is 0 Å². The highest BCUT2D eigenvalue weighted by Gasteiger charge is 2.25. The lowest BCUT2D eigenvalue weighted by Gasteiger charge is -2.21. The number of carbonyl (C=O) groups excluding carboxylic acids is 1. The standard InChI is InChI=1S/C10H8BrN3O/c1-5-10(15)13-8-3-7(11)2-6-4-12-14(5)9(6)8/h2-5H,1H3,(H,13,15)/t5-/m1/s1. The largest absolute Gasteiger partial charge is 0.322 e. The molecule has 2 heterocycles. The fraction of sp³-hybridized carbons (Fsp3) is 0.200. The number of hydrogen-bond donors (Lipinski definition) is 1. The van der Waals surface area contributed by atoms with E-state index in [0.29, 0.717) is 0 Å². The summed E-state index contributed by atoms with van der Waals surface area (Å²) in [6.07, 6.45) is 1.78. The first-order valence-corrected chi connectivity index (χ1v) is 5.44. The van der Waals surface area contributed by atoms with Crippen LogP contribution >= 0.6 is 15.9 Å². The molecule has 0 saturated heterocycles. The molecule has 1 aromatic carbocycles. The quantitative estimate of drug-likeness (QED) is 0.795. The second kappa shape index (κ2) is 2.82. The van der Waals surface area contributed by atoms with E-state index in [0.717, 1.165) is 21.1 Å². The summed E-state index contributed by atoms with van der Waals surface area (Å²) in [6, 6.07) is 3.65. The molecule has 1 aromatic heterocycles. The van der Waals surface area contributed by atoms with Gasteiger partial charge in [0, 0.05) is 9.86 Å². The van der Waals surface area contributed by atoms with Gasteiger partial charge in [0.1, 0.15) is 6.04 Å². The molecule has 0 aliphatic carbocycles. The number of halogens is 1. The Labute approximate surface area is 94.4 Å². The molecule has 1 aliphatic rings. The molecule has 0 radical (unpaired) electrons. The van der Waals surface area contributed by atoms with Crippen molar-refractivity contribution in [3.05, 3.63) is 22.8 Å². The third-order valence-corrected chi connectivity index (χ3v) is 3.12. The van der Waals surface area contributed by atoms with Crippen LogP contribution in [0.3, 0.4) is 0 Å². The average Bonchev–Trinajstić information content (AvgIpc) is 2.58. The number of nitrogens with one attached hydrogen (secondary N) is 1. The molecule has 5 heteroatoms. The SMILES string of the molecule is C[C@@H]1C(=O)Nc2cc(Br)cc3cnn1c23. The van der Waals surface area contributed by atoms with Gasteiger partial charge < -0.3 is 5.32 Å². The number of nitrogens with zero attached hydrogens (tertiary/aromatic N) is 2. The minimum atomic E-state index is -0.240. The fourth-order valence-corrected chi connectivity index (χ4v) is 2.37. The maximum atomic E-state index is 11.6. The van der Waals surface area contributed by atoms with Gasteiger partial charge in [-0.1, -0.05) is 15.9 Å². The molecule has 15 heavy (non-hydrogen) atoms. The van der Waals surface area contributed by atoms with Gasteiger partial charge in [-0.25, -0.2) is 0 Å². The van der Waals surface area contributed by atoms with E-state index >= 15 is 0 Å². The van der Waals surface area contributed by atoms with Crippen molar-refractivity contribution in [2.45, 2.75) is 13.0 Å². The lowest BCUT2D eigenvalue weighted by Crippen LogP contribution is -2.28. The van der Waals surface area contributed by atoms with Gasteiger partial charge in [0.05, 0.1) is 17.4 Å². The van der Waals surface area contributed by atoms with Gasteiger partial charge in [0.25, 0.3) is 0 Å². The van der Waals surface area contributed by atoms with E-state index in [4.69, 9.17) is 0 Å². The molecule has 1 atom stereocenters. The van der Waals surface area contributed by atoms with Crippen molar-refractivity contribution in [1.82, 2.24) is 9.78 Å². The first kappa shape index (κ1) is 8.91.